The molecular formula is C52H73ClN10O11. The highest BCUT2D eigenvalue weighted by Gasteiger charge is 2.26. The number of halogens is 1. The predicted molar refractivity (Wildman–Crippen MR) is 278 cm³/mol. The van der Waals surface area contributed by atoms with Crippen LogP contribution in [0.1, 0.15) is 133 Å². The highest BCUT2D eigenvalue weighted by Crippen LogP contribution is 2.24. The van der Waals surface area contributed by atoms with Crippen molar-refractivity contribution in [2.45, 2.75) is 141 Å². The zero-order valence-electron chi connectivity index (χ0n) is 42.4. The van der Waals surface area contributed by atoms with Gasteiger partial charge in [0.2, 0.25) is 0 Å². The molecule has 11 N–H and O–H groups in total. The molecule has 21 nitrogen and oxygen atoms in total. The zero-order valence-corrected chi connectivity index (χ0v) is 43.2. The molecule has 0 saturated heterocycles. The van der Waals surface area contributed by atoms with Crippen molar-refractivity contribution in [1.82, 2.24) is 35.9 Å². The number of carboxylic acids is 1. The maximum atomic E-state index is 12.5. The number of aromatic nitrogens is 4. The summed E-state index contributed by atoms with van der Waals surface area (Å²) in [5.41, 5.74) is 12.3. The summed E-state index contributed by atoms with van der Waals surface area (Å²) in [5, 5.41) is 31.2. The molecular weight excluding hydrogens is 976 g/mol. The molecule has 0 bridgehead atoms. The third-order valence-electron chi connectivity index (χ3n) is 12.5. The van der Waals surface area contributed by atoms with Crippen LogP contribution in [0.4, 0.5) is 21.2 Å². The Bertz CT molecular complexity index is 2440. The van der Waals surface area contributed by atoms with E-state index in [1.165, 1.54) is 11.1 Å². The number of carboxylic acid groups (broad SMARTS) is 1. The number of carbonyl (C=O) groups excluding carboxylic acids is 5. The fraction of sp³-hybridized carbons (Fsp3) is 0.538. The second kappa shape index (κ2) is 31.1. The van der Waals surface area contributed by atoms with Gasteiger partial charge in [-0.1, -0.05) is 12.1 Å². The number of hydrogen-bond acceptors (Lipinski definition) is 15. The van der Waals surface area contributed by atoms with Crippen LogP contribution in [0.15, 0.2) is 48.8 Å². The summed E-state index contributed by atoms with van der Waals surface area (Å²) in [5.74, 6) is -0.561. The third kappa shape index (κ3) is 20.0. The minimum Gasteiger partial charge on any atom is -0.480 e. The Morgan fingerprint density at radius 2 is 1.19 bits per heavy atom. The largest absolute Gasteiger partial charge is 0.480 e. The number of amides is 3. The van der Waals surface area contributed by atoms with Crippen LogP contribution in [0.25, 0.3) is 0 Å². The van der Waals surface area contributed by atoms with Gasteiger partial charge in [0.05, 0.1) is 6.61 Å². The number of carbonyl (C=O) groups is 6. The van der Waals surface area contributed by atoms with E-state index in [1.54, 1.807) is 26.1 Å². The molecule has 2 aliphatic carbocycles. The molecule has 3 amide bonds. The first kappa shape index (κ1) is 58.2. The summed E-state index contributed by atoms with van der Waals surface area (Å²) in [4.78, 5) is 85.1. The van der Waals surface area contributed by atoms with Gasteiger partial charge >= 0.3 is 23.5 Å². The number of ether oxygens (including phenoxy) is 3. The predicted octanol–water partition coefficient (Wildman–Crippen LogP) is 5.88. The molecule has 0 spiro atoms. The number of aliphatic hydroxyl groups excluding tert-OH is 1. The first-order valence-corrected chi connectivity index (χ1v) is 26.1. The van der Waals surface area contributed by atoms with Gasteiger partial charge < -0.3 is 66.7 Å². The molecule has 0 unspecified atom stereocenters. The van der Waals surface area contributed by atoms with Crippen molar-refractivity contribution in [2.75, 3.05) is 50.0 Å². The number of nitrogens with one attached hydrogen (secondary N) is 7. The maximum absolute atomic E-state index is 12.5. The van der Waals surface area contributed by atoms with Crippen LogP contribution in [0.3, 0.4) is 0 Å². The fourth-order valence-electron chi connectivity index (χ4n) is 8.58. The number of hydrogen-bond donors (Lipinski definition) is 10. The quantitative estimate of drug-likeness (QED) is 0.0316. The highest BCUT2D eigenvalue weighted by molar-refractivity contribution is 6.61. The van der Waals surface area contributed by atoms with Gasteiger partial charge in [-0.05, 0) is 163 Å². The van der Waals surface area contributed by atoms with Crippen molar-refractivity contribution in [3.8, 4) is 0 Å². The first-order valence-electron chi connectivity index (χ1n) is 25.7. The molecule has 22 heteroatoms. The van der Waals surface area contributed by atoms with Crippen LogP contribution in [0.5, 0.6) is 0 Å². The van der Waals surface area contributed by atoms with E-state index in [-0.39, 0.29) is 44.4 Å². The van der Waals surface area contributed by atoms with Gasteiger partial charge in [-0.15, -0.1) is 0 Å². The van der Waals surface area contributed by atoms with E-state index < -0.39 is 41.5 Å². The van der Waals surface area contributed by atoms with Gasteiger partial charge in [-0.25, -0.2) is 24.4 Å². The number of alkyl carbamates (subject to hydrolysis) is 1. The van der Waals surface area contributed by atoms with E-state index in [2.05, 4.69) is 54.8 Å². The average Bonchev–Trinajstić information content (AvgIpc) is 4.26. The van der Waals surface area contributed by atoms with Gasteiger partial charge in [-0.2, -0.15) is 0 Å². The molecule has 404 valence electrons. The summed E-state index contributed by atoms with van der Waals surface area (Å²) in [7, 11) is 0. The minimum absolute atomic E-state index is 0.0259. The van der Waals surface area contributed by atoms with Crippen LogP contribution in [-0.4, -0.2) is 129 Å². The number of pyridine rings is 2. The number of rotatable bonds is 18. The van der Waals surface area contributed by atoms with Crippen molar-refractivity contribution in [2.24, 2.45) is 5.73 Å². The normalized spacial score (nSPS) is 15.4. The Hall–Kier alpha value is -6.71. The molecule has 4 aromatic rings. The molecule has 2 fully saturated rings. The lowest BCUT2D eigenvalue weighted by atomic mass is 10.1. The van der Waals surface area contributed by atoms with E-state index in [0.717, 1.165) is 144 Å². The van der Waals surface area contributed by atoms with E-state index >= 15 is 0 Å². The fourth-order valence-corrected chi connectivity index (χ4v) is 8.71. The number of aliphatic carboxylic acids is 1. The number of aromatic amines is 2. The Labute approximate surface area is 436 Å². The monoisotopic (exact) mass is 1050 g/mol. The van der Waals surface area contributed by atoms with Gasteiger partial charge in [0.25, 0.3) is 11.8 Å². The molecule has 2 aliphatic heterocycles. The summed E-state index contributed by atoms with van der Waals surface area (Å²) in [6, 6.07) is 9.78. The van der Waals surface area contributed by atoms with Gasteiger partial charge in [0.15, 0.2) is 0 Å². The van der Waals surface area contributed by atoms with Crippen molar-refractivity contribution >= 4 is 58.5 Å². The van der Waals surface area contributed by atoms with Gasteiger partial charge in [0, 0.05) is 68.2 Å². The lowest BCUT2D eigenvalue weighted by Gasteiger charge is -2.17. The van der Waals surface area contributed by atoms with E-state index in [1.807, 2.05) is 18.3 Å². The smallest absolute Gasteiger partial charge is 0.408 e. The van der Waals surface area contributed by atoms with Crippen molar-refractivity contribution < 1.29 is 53.2 Å². The van der Waals surface area contributed by atoms with Crippen LogP contribution in [0.2, 0.25) is 0 Å². The van der Waals surface area contributed by atoms with Crippen LogP contribution in [-0.2, 0) is 62.3 Å². The Morgan fingerprint density at radius 3 is 1.65 bits per heavy atom. The number of anilines is 2. The van der Waals surface area contributed by atoms with E-state index in [4.69, 9.17) is 46.6 Å². The summed E-state index contributed by atoms with van der Waals surface area (Å²) < 4.78 is 14.8. The number of aryl methyl sites for hydroxylation is 6. The summed E-state index contributed by atoms with van der Waals surface area (Å²) >= 11 is 5.00. The number of nitrogens with two attached hydrogens (primary N) is 1. The van der Waals surface area contributed by atoms with Gasteiger partial charge in [0.1, 0.15) is 47.3 Å². The number of nitrogens with zero attached hydrogens (tertiary/aromatic N) is 2. The highest BCUT2D eigenvalue weighted by atomic mass is 35.5. The Balaban J connectivity index is 0.000000227. The topological polar surface area (TPSA) is 314 Å². The first-order chi connectivity index (χ1) is 35.7. The lowest BCUT2D eigenvalue weighted by molar-refractivity contribution is -0.144. The summed E-state index contributed by atoms with van der Waals surface area (Å²) in [6.45, 7) is 5.58. The van der Waals surface area contributed by atoms with Crippen LogP contribution >= 0.6 is 11.6 Å². The molecule has 74 heavy (non-hydrogen) atoms. The average molecular weight is 1050 g/mol. The van der Waals surface area contributed by atoms with Crippen LogP contribution in [0, 0.1) is 0 Å². The second-order valence-electron chi connectivity index (χ2n) is 18.2. The minimum atomic E-state index is -1.28. The molecule has 2 saturated carbocycles. The number of H-pyrrole nitrogens is 2. The molecule has 6 heterocycles. The third-order valence-corrected chi connectivity index (χ3v) is 12.6. The molecule has 4 aromatic heterocycles. The van der Waals surface area contributed by atoms with Crippen molar-refractivity contribution in [3.05, 3.63) is 93.8 Å². The Kier molecular flexibility index (Phi) is 24.5. The zero-order chi connectivity index (χ0) is 53.2. The number of esters is 1. The Morgan fingerprint density at radius 1 is 0.716 bits per heavy atom. The summed E-state index contributed by atoms with van der Waals surface area (Å²) in [6.07, 6.45) is 18.0. The standard InChI is InChI=1S/C24H31N5O5.C20H27N5O3.C6H9ClO2.C2H6O/c30-22(27-14-20(23(31)32)29-24(33)34-18-5-1-2-6-18)19-12-15(13-26-19)7-9-17-10-8-16-4-3-11-25-21(16)28-17;1-2-28-20(27)16(21)12-24-19(26)17-10-13(11-23-17)5-7-15-8-6-14-4-3-9-22-18(14)25-15;7-6(8)9-5-3-1-2-4-5;1-2-3/h8,10,12-13,18,20,26H,1-7,9,11,14H2,(H,25,28)(H,27,30)(H,29,33)(H,31,32);6,8,10-11,16,23H,2-5,7,9,12,21H2,1H3,(H,22,25)(H,24,26);5H,1-4H2;3H,2H2,1H3/t20-;16-;;/m00../s1. The molecule has 0 aromatic carbocycles. The lowest BCUT2D eigenvalue weighted by Crippen LogP contribution is -2.49. The van der Waals surface area contributed by atoms with Crippen molar-refractivity contribution in [1.29, 1.82) is 0 Å². The van der Waals surface area contributed by atoms with Crippen molar-refractivity contribution in [3.63, 3.8) is 0 Å². The van der Waals surface area contributed by atoms with E-state index in [0.29, 0.717) is 17.8 Å². The van der Waals surface area contributed by atoms with E-state index in [9.17, 15) is 33.9 Å². The molecule has 8 rings (SSSR count). The SMILES string of the molecule is CCO.CCOC(=O)[C@@H](N)CNC(=O)c1cc(CCc2ccc3c(n2)NCCC3)c[nH]1.O=C(Cl)OC1CCCC1.O=C(N[C@@H](CNC(=O)c1cc(CCc2ccc3c(n2)NCCC3)c[nH]1)C(=O)O)OC1CCCC1. The molecule has 4 aliphatic rings. The molecule has 0 radical (unpaired) electrons. The maximum Gasteiger partial charge on any atom is 0.408 e. The number of aliphatic hydroxyl groups is 1. The van der Waals surface area contributed by atoms with Crippen LogP contribution < -0.4 is 32.3 Å². The number of fused-ring (bicyclic) bond motifs is 2. The molecule has 2 atom stereocenters. The van der Waals surface area contributed by atoms with Gasteiger partial charge in [-0.3, -0.25) is 14.4 Å². The second-order valence-corrected chi connectivity index (χ2v) is 18.5.